The van der Waals surface area contributed by atoms with E-state index in [1.54, 1.807) is 7.11 Å². The number of nitrogens with one attached hydrogen (secondary N) is 1. The first-order valence-electron chi connectivity index (χ1n) is 5.90. The smallest absolute Gasteiger partial charge is 0.123 e. The van der Waals surface area contributed by atoms with Crippen molar-refractivity contribution in [2.24, 2.45) is 0 Å². The number of nitrogens with zero attached hydrogens (tertiary/aromatic N) is 1. The number of hydrogen-bond acceptors (Lipinski definition) is 3. The molecule has 0 aliphatic carbocycles. The van der Waals surface area contributed by atoms with Crippen molar-refractivity contribution in [3.8, 4) is 5.75 Å². The molecule has 18 heavy (non-hydrogen) atoms. The summed E-state index contributed by atoms with van der Waals surface area (Å²) in [4.78, 5) is 2.49. The molecule has 1 aromatic carbocycles. The summed E-state index contributed by atoms with van der Waals surface area (Å²) in [7, 11) is 1.74. The average Bonchev–Trinajstić information content (AvgIpc) is 2.39. The van der Waals surface area contributed by atoms with Crippen LogP contribution in [0.3, 0.4) is 0 Å². The van der Waals surface area contributed by atoms with Gasteiger partial charge in [0.2, 0.25) is 0 Å². The van der Waals surface area contributed by atoms with Crippen LogP contribution < -0.4 is 10.1 Å². The minimum absolute atomic E-state index is 0. The number of hydrogen-bond donors (Lipinski definition) is 1. The number of halogens is 2. The maximum Gasteiger partial charge on any atom is 0.123 e. The van der Waals surface area contributed by atoms with Crippen LogP contribution in [0.25, 0.3) is 0 Å². The van der Waals surface area contributed by atoms with Gasteiger partial charge in [0, 0.05) is 37.8 Å². The van der Waals surface area contributed by atoms with Gasteiger partial charge in [-0.15, -0.1) is 24.8 Å². The minimum atomic E-state index is 0. The lowest BCUT2D eigenvalue weighted by molar-refractivity contribution is 0.182. The molecular weight excluding hydrogens is 271 g/mol. The highest BCUT2D eigenvalue weighted by atomic mass is 35.5. The zero-order valence-electron chi connectivity index (χ0n) is 10.9. The van der Waals surface area contributed by atoms with Gasteiger partial charge in [-0.05, 0) is 13.0 Å². The van der Waals surface area contributed by atoms with E-state index in [4.69, 9.17) is 4.74 Å². The molecule has 1 heterocycles. The van der Waals surface area contributed by atoms with Gasteiger partial charge in [-0.1, -0.05) is 18.2 Å². The fraction of sp³-hybridized carbons (Fsp3) is 0.538. The Hall–Kier alpha value is -0.480. The maximum absolute atomic E-state index is 5.41. The summed E-state index contributed by atoms with van der Waals surface area (Å²) < 4.78 is 5.41. The molecule has 0 radical (unpaired) electrons. The van der Waals surface area contributed by atoms with Crippen LogP contribution in [0.2, 0.25) is 0 Å². The molecule has 1 aliphatic heterocycles. The van der Waals surface area contributed by atoms with Crippen molar-refractivity contribution in [3.63, 3.8) is 0 Å². The number of benzene rings is 1. The Bertz CT molecular complexity index is 344. The Morgan fingerprint density at radius 3 is 2.39 bits per heavy atom. The Morgan fingerprint density at radius 1 is 1.17 bits per heavy atom. The van der Waals surface area contributed by atoms with E-state index in [-0.39, 0.29) is 24.8 Å². The number of ether oxygens (including phenoxy) is 1. The summed E-state index contributed by atoms with van der Waals surface area (Å²) >= 11 is 0. The zero-order valence-corrected chi connectivity index (χ0v) is 12.5. The number of piperazine rings is 1. The van der Waals surface area contributed by atoms with Crippen LogP contribution in [-0.2, 0) is 0 Å². The van der Waals surface area contributed by atoms with E-state index in [9.17, 15) is 0 Å². The van der Waals surface area contributed by atoms with Crippen molar-refractivity contribution in [2.75, 3.05) is 33.3 Å². The molecule has 1 saturated heterocycles. The Morgan fingerprint density at radius 2 is 1.78 bits per heavy atom. The van der Waals surface area contributed by atoms with E-state index < -0.39 is 0 Å². The lowest BCUT2D eigenvalue weighted by Gasteiger charge is -2.33. The summed E-state index contributed by atoms with van der Waals surface area (Å²) in [6.45, 7) is 6.64. The highest BCUT2D eigenvalue weighted by molar-refractivity contribution is 5.85. The minimum Gasteiger partial charge on any atom is -0.496 e. The third-order valence-corrected chi connectivity index (χ3v) is 3.29. The van der Waals surface area contributed by atoms with Crippen molar-refractivity contribution in [2.45, 2.75) is 13.0 Å². The SMILES string of the molecule is COc1ccccc1[C@@H](C)N1CCNCC1.Cl.Cl. The molecule has 0 amide bonds. The largest absolute Gasteiger partial charge is 0.496 e. The lowest BCUT2D eigenvalue weighted by Crippen LogP contribution is -2.44. The summed E-state index contributed by atoms with van der Waals surface area (Å²) in [5.74, 6) is 0.994. The Labute approximate surface area is 122 Å². The van der Waals surface area contributed by atoms with Gasteiger partial charge in [0.05, 0.1) is 7.11 Å². The molecule has 5 heteroatoms. The predicted molar refractivity (Wildman–Crippen MR) is 80.3 cm³/mol. The molecular formula is C13H22Cl2N2O. The van der Waals surface area contributed by atoms with Crippen molar-refractivity contribution in [1.29, 1.82) is 0 Å². The second-order valence-electron chi connectivity index (χ2n) is 4.20. The number of methoxy groups -OCH3 is 1. The first-order chi connectivity index (χ1) is 7.83. The molecule has 2 rings (SSSR count). The zero-order chi connectivity index (χ0) is 11.4. The van der Waals surface area contributed by atoms with Gasteiger partial charge >= 0.3 is 0 Å². The maximum atomic E-state index is 5.41. The van der Waals surface area contributed by atoms with E-state index in [1.807, 2.05) is 12.1 Å². The summed E-state index contributed by atoms with van der Waals surface area (Å²) in [6.07, 6.45) is 0. The standard InChI is InChI=1S/C13H20N2O.2ClH/c1-11(15-9-7-14-8-10-15)12-5-3-4-6-13(12)16-2;;/h3-6,11,14H,7-10H2,1-2H3;2*1H/t11-;;/m1../s1. The number of rotatable bonds is 3. The van der Waals surface area contributed by atoms with Crippen LogP contribution >= 0.6 is 24.8 Å². The van der Waals surface area contributed by atoms with Gasteiger partial charge in [0.15, 0.2) is 0 Å². The van der Waals surface area contributed by atoms with Gasteiger partial charge < -0.3 is 10.1 Å². The second-order valence-corrected chi connectivity index (χ2v) is 4.20. The fourth-order valence-electron chi connectivity index (χ4n) is 2.28. The Kier molecular flexibility index (Phi) is 8.36. The topological polar surface area (TPSA) is 24.5 Å². The fourth-order valence-corrected chi connectivity index (χ4v) is 2.28. The molecule has 0 aromatic heterocycles. The molecule has 1 atom stereocenters. The van der Waals surface area contributed by atoms with Crippen LogP contribution in [0, 0.1) is 0 Å². The molecule has 1 fully saturated rings. The number of para-hydroxylation sites is 1. The van der Waals surface area contributed by atoms with Crippen molar-refractivity contribution in [3.05, 3.63) is 29.8 Å². The van der Waals surface area contributed by atoms with Gasteiger partial charge in [-0.3, -0.25) is 4.90 Å². The summed E-state index contributed by atoms with van der Waals surface area (Å²) in [5.41, 5.74) is 1.28. The van der Waals surface area contributed by atoms with Gasteiger partial charge in [-0.2, -0.15) is 0 Å². The second kappa shape index (κ2) is 8.59. The van der Waals surface area contributed by atoms with E-state index in [2.05, 4.69) is 29.3 Å². The molecule has 0 saturated carbocycles. The van der Waals surface area contributed by atoms with Crippen LogP contribution in [0.4, 0.5) is 0 Å². The third kappa shape index (κ3) is 4.02. The molecule has 3 nitrogen and oxygen atoms in total. The van der Waals surface area contributed by atoms with Crippen molar-refractivity contribution < 1.29 is 4.74 Å². The highest BCUT2D eigenvalue weighted by Crippen LogP contribution is 2.28. The molecule has 104 valence electrons. The molecule has 1 aliphatic rings. The first kappa shape index (κ1) is 17.5. The molecule has 1 N–H and O–H groups in total. The van der Waals surface area contributed by atoms with Crippen LogP contribution in [0.15, 0.2) is 24.3 Å². The lowest BCUT2D eigenvalue weighted by atomic mass is 10.1. The van der Waals surface area contributed by atoms with Crippen molar-refractivity contribution >= 4 is 24.8 Å². The monoisotopic (exact) mass is 292 g/mol. The Balaban J connectivity index is 0.00000144. The quantitative estimate of drug-likeness (QED) is 0.926. The highest BCUT2D eigenvalue weighted by Gasteiger charge is 2.20. The van der Waals surface area contributed by atoms with E-state index in [0.717, 1.165) is 31.9 Å². The third-order valence-electron chi connectivity index (χ3n) is 3.29. The first-order valence-corrected chi connectivity index (χ1v) is 5.90. The molecule has 0 bridgehead atoms. The molecule has 0 spiro atoms. The van der Waals surface area contributed by atoms with Crippen molar-refractivity contribution in [1.82, 2.24) is 10.2 Å². The van der Waals surface area contributed by atoms with E-state index in [1.165, 1.54) is 5.56 Å². The molecule has 1 aromatic rings. The van der Waals surface area contributed by atoms with Gasteiger partial charge in [-0.25, -0.2) is 0 Å². The summed E-state index contributed by atoms with van der Waals surface area (Å²) in [6, 6.07) is 8.72. The molecule has 0 unspecified atom stereocenters. The summed E-state index contributed by atoms with van der Waals surface area (Å²) in [5, 5.41) is 3.38. The van der Waals surface area contributed by atoms with Crippen LogP contribution in [0.5, 0.6) is 5.75 Å². The van der Waals surface area contributed by atoms with E-state index in [0.29, 0.717) is 6.04 Å². The predicted octanol–water partition coefficient (Wildman–Crippen LogP) is 2.51. The van der Waals surface area contributed by atoms with Gasteiger partial charge in [0.25, 0.3) is 0 Å². The average molecular weight is 293 g/mol. The normalized spacial score (nSPS) is 17.2. The van der Waals surface area contributed by atoms with Crippen LogP contribution in [-0.4, -0.2) is 38.2 Å². The van der Waals surface area contributed by atoms with E-state index >= 15 is 0 Å². The van der Waals surface area contributed by atoms with Crippen LogP contribution in [0.1, 0.15) is 18.5 Å². The van der Waals surface area contributed by atoms with Gasteiger partial charge in [0.1, 0.15) is 5.75 Å².